The molecule has 0 bridgehead atoms. The number of aliphatic hydroxyl groups excluding tert-OH is 1. The lowest BCUT2D eigenvalue weighted by molar-refractivity contribution is -0.144. The number of benzene rings is 2. The molecule has 4 atom stereocenters. The number of hydrogen-bond acceptors (Lipinski definition) is 13. The number of piperazine rings is 1. The number of unbranched alkanes of at least 4 members (excludes halogenated alkanes) is 1. The van der Waals surface area contributed by atoms with Crippen LogP contribution in [0.4, 0.5) is 14.6 Å². The third kappa shape index (κ3) is 12.1. The normalized spacial score (nSPS) is 17.2. The molecule has 3 N–H and O–H groups in total. The van der Waals surface area contributed by atoms with Gasteiger partial charge in [0.1, 0.15) is 35.2 Å². The number of rotatable bonds is 17. The smallest absolute Gasteiger partial charge is 0.355 e. The standard InChI is InChI=1S/C57H66F2N10O7S/c1-10-45(72)66-23-24-67(34(5)29-66)52-39-27-41(59)48(64-53(39)69(56(75)65-52)49-33(4)21-22-60-47(49)32(2)3)46-40(58)14-13-15-43(46)76-25-12-11-16-44(71)63-51(57(7,8)9)55(74)68-30-38(70)26-42(68)54(73)61-28-36-17-19-37(20-18-36)50-35(6)62-31-77-50/h10,13-15,17-22,27,31-32,34,38,42,51,70H,1,11-12,16,23-26,28-30H2,2-9H3,(H,61,73)(H,63,71). The lowest BCUT2D eigenvalue weighted by atomic mass is 9.85. The van der Waals surface area contributed by atoms with E-state index in [2.05, 4.69) is 32.2 Å². The molecule has 2 saturated heterocycles. The van der Waals surface area contributed by atoms with Gasteiger partial charge in [-0.1, -0.05) is 71.5 Å². The van der Waals surface area contributed by atoms with Crippen molar-refractivity contribution < 1.29 is 37.8 Å². The zero-order valence-corrected chi connectivity index (χ0v) is 45.5. The Hall–Kier alpha value is -7.45. The quantitative estimate of drug-likeness (QED) is 0.0598. The van der Waals surface area contributed by atoms with Gasteiger partial charge in [0.15, 0.2) is 11.5 Å². The number of hydrogen-bond donors (Lipinski definition) is 3. The van der Waals surface area contributed by atoms with E-state index in [1.807, 2.05) is 84.6 Å². The number of thiazole rings is 1. The first-order valence-corrected chi connectivity index (χ1v) is 26.8. The molecule has 20 heteroatoms. The van der Waals surface area contributed by atoms with Gasteiger partial charge in [0.2, 0.25) is 23.6 Å². The van der Waals surface area contributed by atoms with Crippen molar-refractivity contribution in [3.8, 4) is 33.1 Å². The highest BCUT2D eigenvalue weighted by atomic mass is 32.1. The van der Waals surface area contributed by atoms with Crippen molar-refractivity contribution in [1.82, 2.24) is 44.9 Å². The number of ether oxygens (including phenoxy) is 1. The fraction of sp³-hybridized carbons (Fsp3) is 0.421. The Balaban J connectivity index is 0.963. The van der Waals surface area contributed by atoms with E-state index in [4.69, 9.17) is 9.72 Å². The summed E-state index contributed by atoms with van der Waals surface area (Å²) in [4.78, 5) is 92.5. The van der Waals surface area contributed by atoms with E-state index in [9.17, 15) is 29.1 Å². The minimum atomic E-state index is -1.03. The van der Waals surface area contributed by atoms with E-state index in [-0.39, 0.29) is 85.1 Å². The number of anilines is 1. The summed E-state index contributed by atoms with van der Waals surface area (Å²) >= 11 is 1.55. The highest BCUT2D eigenvalue weighted by Crippen LogP contribution is 2.38. The van der Waals surface area contributed by atoms with E-state index >= 15 is 8.78 Å². The van der Waals surface area contributed by atoms with Crippen LogP contribution in [0, 0.1) is 30.9 Å². The van der Waals surface area contributed by atoms with Gasteiger partial charge < -0.3 is 35.2 Å². The number of amides is 4. The van der Waals surface area contributed by atoms with Gasteiger partial charge in [0.05, 0.1) is 51.1 Å². The molecule has 2 aliphatic rings. The monoisotopic (exact) mass is 1070 g/mol. The molecular weight excluding hydrogens is 1010 g/mol. The zero-order valence-electron chi connectivity index (χ0n) is 44.7. The Kier molecular flexibility index (Phi) is 17.0. The van der Waals surface area contributed by atoms with Crippen LogP contribution in [0.5, 0.6) is 5.75 Å². The van der Waals surface area contributed by atoms with Crippen LogP contribution in [-0.2, 0) is 25.7 Å². The molecule has 4 aromatic heterocycles. The van der Waals surface area contributed by atoms with Crippen molar-refractivity contribution in [2.45, 2.75) is 118 Å². The number of β-amino-alcohol motifs (C(OH)–C–C–N with tert-alkyl or cyclic N) is 1. The van der Waals surface area contributed by atoms with Crippen LogP contribution in [-0.4, -0.2) is 120 Å². The van der Waals surface area contributed by atoms with Crippen LogP contribution in [0.2, 0.25) is 0 Å². The van der Waals surface area contributed by atoms with Gasteiger partial charge in [-0.15, -0.1) is 11.3 Å². The number of aromatic nitrogens is 5. The number of aryl methyl sites for hydroxylation is 2. The molecule has 0 aliphatic carbocycles. The minimum Gasteiger partial charge on any atom is -0.493 e. The number of nitrogens with one attached hydrogen (secondary N) is 2. The largest absolute Gasteiger partial charge is 0.493 e. The van der Waals surface area contributed by atoms with Crippen molar-refractivity contribution in [1.29, 1.82) is 0 Å². The maximum atomic E-state index is 16.9. The predicted octanol–water partition coefficient (Wildman–Crippen LogP) is 7.57. The van der Waals surface area contributed by atoms with Gasteiger partial charge in [-0.05, 0) is 92.0 Å². The first kappa shape index (κ1) is 55.8. The van der Waals surface area contributed by atoms with Crippen LogP contribution < -0.4 is 26.0 Å². The second kappa shape index (κ2) is 23.4. The first-order chi connectivity index (χ1) is 36.7. The number of halogens is 2. The van der Waals surface area contributed by atoms with Crippen molar-refractivity contribution in [2.75, 3.05) is 37.7 Å². The summed E-state index contributed by atoms with van der Waals surface area (Å²) in [6, 6.07) is 12.5. The third-order valence-corrected chi connectivity index (χ3v) is 15.1. The predicted molar refractivity (Wildman–Crippen MR) is 292 cm³/mol. The average molecular weight is 1070 g/mol. The number of carbonyl (C=O) groups excluding carboxylic acids is 4. The molecular formula is C57H66F2N10O7S. The van der Waals surface area contributed by atoms with Crippen molar-refractivity contribution in [2.24, 2.45) is 5.41 Å². The molecule has 4 amide bonds. The SMILES string of the molecule is C=CC(=O)N1CCN(c2nc(=O)n(-c3c(C)ccnc3C(C)C)c3nc(-c4c(F)cccc4OCCCCC(=O)NC(C(=O)N4CC(O)CC4C(=O)NCc4ccc(-c5scnc5C)cc4)C(C)(C)C)c(F)cc23)C(C)C1. The molecule has 6 aromatic rings. The van der Waals surface area contributed by atoms with Crippen LogP contribution >= 0.6 is 11.3 Å². The van der Waals surface area contributed by atoms with E-state index in [0.29, 0.717) is 42.9 Å². The zero-order chi connectivity index (χ0) is 55.5. The Morgan fingerprint density at radius 3 is 2.42 bits per heavy atom. The van der Waals surface area contributed by atoms with E-state index in [0.717, 1.165) is 27.8 Å². The number of pyridine rings is 2. The second-order valence-electron chi connectivity index (χ2n) is 21.2. The molecule has 0 saturated carbocycles. The van der Waals surface area contributed by atoms with E-state index < -0.39 is 64.3 Å². The summed E-state index contributed by atoms with van der Waals surface area (Å²) in [5, 5.41) is 16.7. The van der Waals surface area contributed by atoms with E-state index in [1.165, 1.54) is 33.7 Å². The lowest BCUT2D eigenvalue weighted by Crippen LogP contribution is -2.57. The van der Waals surface area contributed by atoms with Crippen molar-refractivity contribution in [3.63, 3.8) is 0 Å². The maximum Gasteiger partial charge on any atom is 0.355 e. The first-order valence-electron chi connectivity index (χ1n) is 25.9. The topological polar surface area (TPSA) is 205 Å². The highest BCUT2D eigenvalue weighted by molar-refractivity contribution is 7.13. The molecule has 8 rings (SSSR count). The summed E-state index contributed by atoms with van der Waals surface area (Å²) in [7, 11) is 0. The van der Waals surface area contributed by atoms with Crippen LogP contribution in [0.15, 0.2) is 83.8 Å². The van der Waals surface area contributed by atoms with Gasteiger partial charge in [-0.2, -0.15) is 4.98 Å². The number of carbonyl (C=O) groups is 4. The molecule has 2 aromatic carbocycles. The molecule has 0 radical (unpaired) electrons. The Morgan fingerprint density at radius 2 is 1.74 bits per heavy atom. The average Bonchev–Trinajstić information content (AvgIpc) is 4.04. The fourth-order valence-electron chi connectivity index (χ4n) is 10.0. The molecule has 2 aliphatic heterocycles. The molecule has 6 heterocycles. The van der Waals surface area contributed by atoms with Gasteiger partial charge in [-0.25, -0.2) is 28.1 Å². The lowest BCUT2D eigenvalue weighted by Gasteiger charge is -2.40. The molecule has 406 valence electrons. The molecule has 77 heavy (non-hydrogen) atoms. The number of aliphatic hydroxyl groups is 1. The maximum absolute atomic E-state index is 16.9. The summed E-state index contributed by atoms with van der Waals surface area (Å²) < 4.78 is 40.5. The number of nitrogens with zero attached hydrogens (tertiary/aromatic N) is 8. The van der Waals surface area contributed by atoms with E-state index in [1.54, 1.807) is 34.0 Å². The van der Waals surface area contributed by atoms with Gasteiger partial charge in [-0.3, -0.25) is 24.2 Å². The van der Waals surface area contributed by atoms with Crippen LogP contribution in [0.1, 0.15) is 95.7 Å². The summed E-state index contributed by atoms with van der Waals surface area (Å²) in [5.74, 6) is -3.31. The van der Waals surface area contributed by atoms with Crippen molar-refractivity contribution >= 4 is 51.8 Å². The molecule has 17 nitrogen and oxygen atoms in total. The minimum absolute atomic E-state index is 0.00771. The molecule has 0 spiro atoms. The Labute approximate surface area is 450 Å². The summed E-state index contributed by atoms with van der Waals surface area (Å²) in [6.07, 6.45) is 2.58. The third-order valence-electron chi connectivity index (χ3n) is 14.1. The molecule has 2 fully saturated rings. The summed E-state index contributed by atoms with van der Waals surface area (Å²) in [5.41, 5.74) is 4.13. The second-order valence-corrected chi connectivity index (χ2v) is 22.0. The Morgan fingerprint density at radius 1 is 0.987 bits per heavy atom. The number of likely N-dealkylation sites (tertiary alicyclic amines) is 1. The molecule has 4 unspecified atom stereocenters. The van der Waals surface area contributed by atoms with Crippen LogP contribution in [0.25, 0.3) is 38.4 Å². The van der Waals surface area contributed by atoms with Gasteiger partial charge >= 0.3 is 5.69 Å². The number of fused-ring (bicyclic) bond motifs is 1. The van der Waals surface area contributed by atoms with Gasteiger partial charge in [0, 0.05) is 57.8 Å². The van der Waals surface area contributed by atoms with Gasteiger partial charge in [0.25, 0.3) is 0 Å². The highest BCUT2D eigenvalue weighted by Gasteiger charge is 2.44. The summed E-state index contributed by atoms with van der Waals surface area (Å²) in [6.45, 7) is 19.5. The van der Waals surface area contributed by atoms with Crippen LogP contribution in [0.3, 0.4) is 0 Å². The van der Waals surface area contributed by atoms with Crippen molar-refractivity contribution in [3.05, 3.63) is 124 Å². The Bertz CT molecular complexity index is 3270. The fourth-order valence-corrected chi connectivity index (χ4v) is 10.8.